The fourth-order valence-corrected chi connectivity index (χ4v) is 3.10. The minimum atomic E-state index is -0.126. The highest BCUT2D eigenvalue weighted by Gasteiger charge is 2.18. The molecule has 1 aromatic carbocycles. The van der Waals surface area contributed by atoms with Gasteiger partial charge >= 0.3 is 0 Å². The van der Waals surface area contributed by atoms with Gasteiger partial charge in [-0.1, -0.05) is 13.8 Å². The molecule has 0 atom stereocenters. The molecule has 116 valence electrons. The van der Waals surface area contributed by atoms with Crippen LogP contribution in [0.4, 0.5) is 10.8 Å². The summed E-state index contributed by atoms with van der Waals surface area (Å²) in [4.78, 5) is 17.3. The first kappa shape index (κ1) is 14.8. The lowest BCUT2D eigenvalue weighted by Crippen LogP contribution is -2.25. The van der Waals surface area contributed by atoms with E-state index in [9.17, 15) is 4.79 Å². The molecule has 0 bridgehead atoms. The van der Waals surface area contributed by atoms with Crippen molar-refractivity contribution in [3.05, 3.63) is 23.1 Å². The van der Waals surface area contributed by atoms with E-state index >= 15 is 0 Å². The van der Waals surface area contributed by atoms with Crippen molar-refractivity contribution >= 4 is 28.1 Å². The van der Waals surface area contributed by atoms with E-state index in [1.807, 2.05) is 18.2 Å². The summed E-state index contributed by atoms with van der Waals surface area (Å²) < 4.78 is 5.38. The predicted octanol–water partition coefficient (Wildman–Crippen LogP) is 3.52. The van der Waals surface area contributed by atoms with Crippen LogP contribution in [-0.2, 0) is 4.79 Å². The SMILES string of the molecule is Cc1sc(NCC(C)C)nc1-c1ccc2c(c1)NC(=O)CO2. The van der Waals surface area contributed by atoms with Gasteiger partial charge in [-0.15, -0.1) is 11.3 Å². The van der Waals surface area contributed by atoms with Crippen molar-refractivity contribution in [2.24, 2.45) is 5.92 Å². The van der Waals surface area contributed by atoms with Crippen LogP contribution in [0.15, 0.2) is 18.2 Å². The molecule has 0 radical (unpaired) electrons. The number of fused-ring (bicyclic) bond motifs is 1. The van der Waals surface area contributed by atoms with E-state index in [-0.39, 0.29) is 12.5 Å². The maximum absolute atomic E-state index is 11.4. The normalized spacial score (nSPS) is 13.5. The molecule has 2 N–H and O–H groups in total. The Morgan fingerprint density at radius 1 is 1.45 bits per heavy atom. The number of hydrogen-bond acceptors (Lipinski definition) is 5. The van der Waals surface area contributed by atoms with Gasteiger partial charge < -0.3 is 15.4 Å². The van der Waals surface area contributed by atoms with Crippen LogP contribution in [0.3, 0.4) is 0 Å². The van der Waals surface area contributed by atoms with E-state index < -0.39 is 0 Å². The molecule has 1 aromatic heterocycles. The van der Waals surface area contributed by atoms with Gasteiger partial charge in [0, 0.05) is 17.0 Å². The number of hydrogen-bond donors (Lipinski definition) is 2. The van der Waals surface area contributed by atoms with Crippen LogP contribution < -0.4 is 15.4 Å². The Bertz CT molecular complexity index is 709. The lowest BCUT2D eigenvalue weighted by atomic mass is 10.1. The first-order valence-corrected chi connectivity index (χ1v) is 8.13. The van der Waals surface area contributed by atoms with Crippen molar-refractivity contribution < 1.29 is 9.53 Å². The summed E-state index contributed by atoms with van der Waals surface area (Å²) in [5.41, 5.74) is 2.63. The molecule has 0 spiro atoms. The molecular formula is C16H19N3O2S. The van der Waals surface area contributed by atoms with E-state index in [1.54, 1.807) is 11.3 Å². The zero-order valence-electron chi connectivity index (χ0n) is 12.9. The monoisotopic (exact) mass is 317 g/mol. The summed E-state index contributed by atoms with van der Waals surface area (Å²) in [6, 6.07) is 5.77. The number of thiazole rings is 1. The van der Waals surface area contributed by atoms with Crippen LogP contribution in [-0.4, -0.2) is 24.0 Å². The minimum Gasteiger partial charge on any atom is -0.482 e. The third-order valence-electron chi connectivity index (χ3n) is 3.34. The fourth-order valence-electron chi connectivity index (χ4n) is 2.26. The molecule has 2 aromatic rings. The average molecular weight is 317 g/mol. The van der Waals surface area contributed by atoms with E-state index in [4.69, 9.17) is 4.74 Å². The van der Waals surface area contributed by atoms with Gasteiger partial charge in [0.2, 0.25) is 0 Å². The number of aromatic nitrogens is 1. The number of anilines is 2. The van der Waals surface area contributed by atoms with Gasteiger partial charge in [0.1, 0.15) is 5.75 Å². The number of carbonyl (C=O) groups is 1. The predicted molar refractivity (Wildman–Crippen MR) is 89.7 cm³/mol. The van der Waals surface area contributed by atoms with Crippen LogP contribution in [0.25, 0.3) is 11.3 Å². The van der Waals surface area contributed by atoms with Crippen LogP contribution >= 0.6 is 11.3 Å². The van der Waals surface area contributed by atoms with E-state index in [0.717, 1.165) is 27.8 Å². The van der Waals surface area contributed by atoms with Gasteiger partial charge in [-0.2, -0.15) is 0 Å². The molecule has 0 unspecified atom stereocenters. The number of carbonyl (C=O) groups excluding carboxylic acids is 1. The summed E-state index contributed by atoms with van der Waals surface area (Å²) >= 11 is 1.65. The van der Waals surface area contributed by atoms with Gasteiger partial charge in [0.15, 0.2) is 11.7 Å². The molecular weight excluding hydrogens is 298 g/mol. The van der Waals surface area contributed by atoms with Gasteiger partial charge in [-0.25, -0.2) is 4.98 Å². The Balaban J connectivity index is 1.88. The molecule has 22 heavy (non-hydrogen) atoms. The average Bonchev–Trinajstić information content (AvgIpc) is 2.85. The quantitative estimate of drug-likeness (QED) is 0.905. The summed E-state index contributed by atoms with van der Waals surface area (Å²) in [7, 11) is 0. The molecule has 0 saturated carbocycles. The number of rotatable bonds is 4. The van der Waals surface area contributed by atoms with E-state index in [1.165, 1.54) is 0 Å². The Morgan fingerprint density at radius 2 is 2.27 bits per heavy atom. The molecule has 3 rings (SSSR count). The van der Waals surface area contributed by atoms with Crippen molar-refractivity contribution in [1.29, 1.82) is 0 Å². The minimum absolute atomic E-state index is 0.0747. The first-order chi connectivity index (χ1) is 10.5. The van der Waals surface area contributed by atoms with Crippen molar-refractivity contribution in [2.75, 3.05) is 23.8 Å². The summed E-state index contributed by atoms with van der Waals surface area (Å²) in [5.74, 6) is 1.15. The molecule has 0 saturated heterocycles. The lowest BCUT2D eigenvalue weighted by Gasteiger charge is -2.18. The van der Waals surface area contributed by atoms with Gasteiger partial charge in [0.25, 0.3) is 5.91 Å². The molecule has 1 amide bonds. The molecule has 1 aliphatic rings. The summed E-state index contributed by atoms with van der Waals surface area (Å²) in [6.07, 6.45) is 0. The smallest absolute Gasteiger partial charge is 0.262 e. The van der Waals surface area contributed by atoms with Crippen LogP contribution in [0.2, 0.25) is 0 Å². The Morgan fingerprint density at radius 3 is 3.05 bits per heavy atom. The standard InChI is InChI=1S/C16H19N3O2S/c1-9(2)7-17-16-19-15(10(3)22-16)11-4-5-13-12(6-11)18-14(20)8-21-13/h4-6,9H,7-8H2,1-3H3,(H,17,19)(H,18,20). The molecule has 2 heterocycles. The largest absolute Gasteiger partial charge is 0.482 e. The number of ether oxygens (including phenoxy) is 1. The fraction of sp³-hybridized carbons (Fsp3) is 0.375. The van der Waals surface area contributed by atoms with Crippen molar-refractivity contribution in [2.45, 2.75) is 20.8 Å². The summed E-state index contributed by atoms with van der Waals surface area (Å²) in [5, 5.41) is 7.12. The number of benzene rings is 1. The third kappa shape index (κ3) is 3.06. The number of amides is 1. The number of aryl methyl sites for hydroxylation is 1. The zero-order valence-corrected chi connectivity index (χ0v) is 13.7. The highest BCUT2D eigenvalue weighted by molar-refractivity contribution is 7.16. The van der Waals surface area contributed by atoms with Gasteiger partial charge in [-0.3, -0.25) is 4.79 Å². The van der Waals surface area contributed by atoms with E-state index in [2.05, 4.69) is 36.4 Å². The second kappa shape index (κ2) is 5.96. The topological polar surface area (TPSA) is 63.2 Å². The lowest BCUT2D eigenvalue weighted by molar-refractivity contribution is -0.118. The Hall–Kier alpha value is -2.08. The van der Waals surface area contributed by atoms with Gasteiger partial charge in [-0.05, 0) is 31.0 Å². The highest BCUT2D eigenvalue weighted by atomic mass is 32.1. The van der Waals surface area contributed by atoms with Crippen molar-refractivity contribution in [1.82, 2.24) is 4.98 Å². The van der Waals surface area contributed by atoms with E-state index in [0.29, 0.717) is 17.4 Å². The second-order valence-electron chi connectivity index (χ2n) is 5.75. The summed E-state index contributed by atoms with van der Waals surface area (Å²) in [6.45, 7) is 7.37. The molecule has 0 aliphatic carbocycles. The maximum Gasteiger partial charge on any atom is 0.262 e. The van der Waals surface area contributed by atoms with Crippen molar-refractivity contribution in [3.63, 3.8) is 0 Å². The Kier molecular flexibility index (Phi) is 4.02. The molecule has 1 aliphatic heterocycles. The first-order valence-electron chi connectivity index (χ1n) is 7.31. The molecule has 6 heteroatoms. The zero-order chi connectivity index (χ0) is 15.7. The molecule has 0 fully saturated rings. The van der Waals surface area contributed by atoms with Crippen LogP contribution in [0.5, 0.6) is 5.75 Å². The third-order valence-corrected chi connectivity index (χ3v) is 4.27. The number of nitrogens with zero attached hydrogens (tertiary/aromatic N) is 1. The Labute approximate surface area is 133 Å². The van der Waals surface area contributed by atoms with Gasteiger partial charge in [0.05, 0.1) is 11.4 Å². The van der Waals surface area contributed by atoms with Crippen LogP contribution in [0.1, 0.15) is 18.7 Å². The molecule has 5 nitrogen and oxygen atoms in total. The van der Waals surface area contributed by atoms with Crippen molar-refractivity contribution in [3.8, 4) is 17.0 Å². The second-order valence-corrected chi connectivity index (χ2v) is 6.95. The maximum atomic E-state index is 11.4. The van der Waals surface area contributed by atoms with Crippen LogP contribution in [0, 0.1) is 12.8 Å². The highest BCUT2D eigenvalue weighted by Crippen LogP contribution is 2.36. The number of nitrogens with one attached hydrogen (secondary N) is 2.